The molecule has 4 N–H and O–H groups in total. The number of ether oxygens (including phenoxy) is 2. The molecule has 4 aromatic carbocycles. The zero-order valence-corrected chi connectivity index (χ0v) is 25.8. The van der Waals surface area contributed by atoms with Crippen molar-refractivity contribution in [2.75, 3.05) is 10.6 Å². The molecule has 2 amide bonds. The summed E-state index contributed by atoms with van der Waals surface area (Å²) in [6.07, 6.45) is 1.44. The highest BCUT2D eigenvalue weighted by atomic mass is 16.5. The van der Waals surface area contributed by atoms with Crippen molar-refractivity contribution in [1.82, 2.24) is 15.0 Å². The molecule has 0 fully saturated rings. The van der Waals surface area contributed by atoms with Crippen LogP contribution in [-0.4, -0.2) is 26.8 Å². The normalized spacial score (nSPS) is 10.9. The van der Waals surface area contributed by atoms with Gasteiger partial charge < -0.3 is 25.8 Å². The van der Waals surface area contributed by atoms with E-state index in [1.54, 1.807) is 42.5 Å². The first-order valence-corrected chi connectivity index (χ1v) is 15.0. The molecule has 10 heteroatoms. The van der Waals surface area contributed by atoms with E-state index in [0.717, 1.165) is 11.3 Å². The van der Waals surface area contributed by atoms with E-state index in [9.17, 15) is 9.59 Å². The first-order chi connectivity index (χ1) is 22.8. The second kappa shape index (κ2) is 13.8. The number of para-hydroxylation sites is 1. The van der Waals surface area contributed by atoms with Gasteiger partial charge in [0.1, 0.15) is 30.3 Å². The summed E-state index contributed by atoms with van der Waals surface area (Å²) in [6.45, 7) is 4.58. The van der Waals surface area contributed by atoms with Gasteiger partial charge >= 0.3 is 0 Å². The van der Waals surface area contributed by atoms with E-state index in [0.29, 0.717) is 57.6 Å². The molecule has 0 radical (unpaired) electrons. The molecular weight excluding hydrogens is 592 g/mol. The second-order valence-corrected chi connectivity index (χ2v) is 11.0. The van der Waals surface area contributed by atoms with Crippen LogP contribution in [0.15, 0.2) is 116 Å². The molecule has 0 atom stereocenters. The number of nitrogens with one attached hydrogen (secondary N) is 2. The van der Waals surface area contributed by atoms with Crippen molar-refractivity contribution in [2.45, 2.75) is 26.4 Å². The molecule has 0 aliphatic heterocycles. The third-order valence-electron chi connectivity index (χ3n) is 7.35. The Hall–Kier alpha value is -6.29. The van der Waals surface area contributed by atoms with Gasteiger partial charge in [-0.2, -0.15) is 0 Å². The van der Waals surface area contributed by atoms with Crippen molar-refractivity contribution in [2.24, 2.45) is 5.73 Å². The minimum Gasteiger partial charge on any atom is -0.489 e. The third kappa shape index (κ3) is 7.34. The van der Waals surface area contributed by atoms with Crippen molar-refractivity contribution < 1.29 is 19.1 Å². The first kappa shape index (κ1) is 30.7. The maximum absolute atomic E-state index is 13.4. The topological polar surface area (TPSA) is 141 Å². The lowest BCUT2D eigenvalue weighted by molar-refractivity contribution is 0.100. The summed E-state index contributed by atoms with van der Waals surface area (Å²) in [5.74, 6) is 1.33. The van der Waals surface area contributed by atoms with Gasteiger partial charge in [-0.05, 0) is 78.2 Å². The van der Waals surface area contributed by atoms with Crippen LogP contribution in [0.2, 0.25) is 0 Å². The molecular formula is C37H32N6O4. The summed E-state index contributed by atoms with van der Waals surface area (Å²) in [5, 5.41) is 6.82. The lowest BCUT2D eigenvalue weighted by Crippen LogP contribution is -2.18. The smallest absolute Gasteiger partial charge is 0.255 e. The van der Waals surface area contributed by atoms with Gasteiger partial charge in [-0.15, -0.1) is 0 Å². The van der Waals surface area contributed by atoms with E-state index < -0.39 is 11.8 Å². The van der Waals surface area contributed by atoms with Crippen LogP contribution in [0.4, 0.5) is 17.2 Å². The van der Waals surface area contributed by atoms with E-state index in [-0.39, 0.29) is 11.5 Å². The number of primary amides is 1. The molecule has 234 valence electrons. The summed E-state index contributed by atoms with van der Waals surface area (Å²) in [5.41, 5.74) is 9.33. The molecule has 0 aliphatic rings. The van der Waals surface area contributed by atoms with Crippen molar-refractivity contribution in [3.63, 3.8) is 0 Å². The minimum absolute atomic E-state index is 0.205. The molecule has 2 aromatic heterocycles. The Bertz CT molecular complexity index is 2050. The van der Waals surface area contributed by atoms with Crippen LogP contribution >= 0.6 is 0 Å². The van der Waals surface area contributed by atoms with Gasteiger partial charge in [0, 0.05) is 11.3 Å². The average molecular weight is 625 g/mol. The van der Waals surface area contributed by atoms with Crippen LogP contribution in [0.3, 0.4) is 0 Å². The Labute approximate surface area is 271 Å². The predicted molar refractivity (Wildman–Crippen MR) is 181 cm³/mol. The maximum atomic E-state index is 13.4. The molecule has 0 saturated heterocycles. The summed E-state index contributed by atoms with van der Waals surface area (Å²) < 4.78 is 12.2. The number of anilines is 3. The van der Waals surface area contributed by atoms with E-state index in [4.69, 9.17) is 15.2 Å². The Morgan fingerprint density at radius 2 is 1.55 bits per heavy atom. The van der Waals surface area contributed by atoms with Gasteiger partial charge in [-0.3, -0.25) is 9.59 Å². The quantitative estimate of drug-likeness (QED) is 0.134. The molecule has 0 saturated carbocycles. The van der Waals surface area contributed by atoms with E-state index in [1.165, 1.54) is 6.33 Å². The summed E-state index contributed by atoms with van der Waals surface area (Å²) >= 11 is 0. The fourth-order valence-electron chi connectivity index (χ4n) is 4.84. The highest BCUT2D eigenvalue weighted by molar-refractivity contribution is 6.09. The summed E-state index contributed by atoms with van der Waals surface area (Å²) in [4.78, 5) is 38.8. The van der Waals surface area contributed by atoms with Gasteiger partial charge in [0.2, 0.25) is 0 Å². The summed E-state index contributed by atoms with van der Waals surface area (Å²) in [6, 6.07) is 32.6. The molecule has 0 spiro atoms. The van der Waals surface area contributed by atoms with Crippen molar-refractivity contribution >= 4 is 40.0 Å². The fraction of sp³-hybridized carbons (Fsp3) is 0.108. The van der Waals surface area contributed by atoms with Crippen molar-refractivity contribution in [3.05, 3.63) is 138 Å². The van der Waals surface area contributed by atoms with Gasteiger partial charge in [0.05, 0.1) is 22.3 Å². The Morgan fingerprint density at radius 3 is 2.32 bits per heavy atom. The molecule has 10 nitrogen and oxygen atoms in total. The number of carbonyl (C=O) groups excluding carboxylic acids is 2. The molecule has 6 rings (SSSR count). The number of nitrogens with zero attached hydrogens (tertiary/aromatic N) is 3. The monoisotopic (exact) mass is 624 g/mol. The number of benzene rings is 4. The largest absolute Gasteiger partial charge is 0.489 e. The van der Waals surface area contributed by atoms with Crippen LogP contribution in [0, 0.1) is 0 Å². The molecule has 0 unspecified atom stereocenters. The third-order valence-corrected chi connectivity index (χ3v) is 7.35. The number of amides is 2. The van der Waals surface area contributed by atoms with Crippen LogP contribution < -0.4 is 25.8 Å². The Morgan fingerprint density at radius 1 is 0.809 bits per heavy atom. The highest BCUT2D eigenvalue weighted by Gasteiger charge is 2.17. The minimum atomic E-state index is -0.645. The lowest BCUT2D eigenvalue weighted by Gasteiger charge is -2.16. The van der Waals surface area contributed by atoms with Crippen LogP contribution in [0.1, 0.15) is 51.7 Å². The predicted octanol–water partition coefficient (Wildman–Crippen LogP) is 7.61. The lowest BCUT2D eigenvalue weighted by atomic mass is 10.1. The number of hydrogen-bond acceptors (Lipinski definition) is 8. The van der Waals surface area contributed by atoms with Crippen LogP contribution in [0.5, 0.6) is 17.2 Å². The number of rotatable bonds is 11. The standard InChI is InChI=1S/C37H32N6O4/c1-23(2)30-18-17-29-35(41-30)39-22-40-36(29)42-32-20-25(37(45)43-31-11-7-6-10-28(31)34(38)44)12-19-33(32)47-27-15-13-26(14-16-27)46-21-24-8-4-3-5-9-24/h3-20,22-23H,21H2,1-2H3,(H2,38,44)(H,43,45)(H,39,40,41,42). The molecule has 47 heavy (non-hydrogen) atoms. The van der Waals surface area contributed by atoms with E-state index in [1.807, 2.05) is 66.7 Å². The second-order valence-electron chi connectivity index (χ2n) is 11.0. The Balaban J connectivity index is 1.30. The SMILES string of the molecule is CC(C)c1ccc2c(Nc3cc(C(=O)Nc4ccccc4C(N)=O)ccc3Oc3ccc(OCc4ccccc4)cc3)ncnc2n1. The zero-order valence-electron chi connectivity index (χ0n) is 25.8. The van der Waals surface area contributed by atoms with E-state index >= 15 is 0 Å². The van der Waals surface area contributed by atoms with Crippen LogP contribution in [-0.2, 0) is 6.61 Å². The number of fused-ring (bicyclic) bond motifs is 1. The Kier molecular flexibility index (Phi) is 9.01. The average Bonchev–Trinajstić information content (AvgIpc) is 3.09. The molecule has 6 aromatic rings. The first-order valence-electron chi connectivity index (χ1n) is 15.0. The van der Waals surface area contributed by atoms with Crippen molar-refractivity contribution in [3.8, 4) is 17.2 Å². The fourth-order valence-corrected chi connectivity index (χ4v) is 4.84. The van der Waals surface area contributed by atoms with E-state index in [2.05, 4.69) is 39.4 Å². The highest BCUT2D eigenvalue weighted by Crippen LogP contribution is 2.35. The maximum Gasteiger partial charge on any atom is 0.255 e. The molecule has 0 bridgehead atoms. The number of hydrogen-bond donors (Lipinski definition) is 3. The number of aromatic nitrogens is 3. The number of nitrogens with two attached hydrogens (primary N) is 1. The summed E-state index contributed by atoms with van der Waals surface area (Å²) in [7, 11) is 0. The van der Waals surface area contributed by atoms with Gasteiger partial charge in [0.25, 0.3) is 11.8 Å². The number of carbonyl (C=O) groups is 2. The van der Waals surface area contributed by atoms with Gasteiger partial charge in [-0.1, -0.05) is 56.3 Å². The van der Waals surface area contributed by atoms with Crippen molar-refractivity contribution in [1.29, 1.82) is 0 Å². The van der Waals surface area contributed by atoms with Gasteiger partial charge in [-0.25, -0.2) is 15.0 Å². The zero-order chi connectivity index (χ0) is 32.8. The van der Waals surface area contributed by atoms with Crippen LogP contribution in [0.25, 0.3) is 11.0 Å². The molecule has 2 heterocycles. The number of pyridine rings is 1. The van der Waals surface area contributed by atoms with Gasteiger partial charge in [0.15, 0.2) is 11.4 Å². The molecule has 0 aliphatic carbocycles.